The fourth-order valence-electron chi connectivity index (χ4n) is 1.86. The Labute approximate surface area is 123 Å². The number of aryl methyl sites for hydroxylation is 1. The van der Waals surface area contributed by atoms with E-state index in [1.807, 2.05) is 0 Å². The standard InChI is InChI=1S/C15H20FN3O2/c1-10(2)7-17-8-12-6-13(16)4-5-14(12)20-9-15-19-18-11(3)21-15/h4-6,10,17H,7-9H2,1-3H3. The van der Waals surface area contributed by atoms with Gasteiger partial charge in [-0.15, -0.1) is 10.2 Å². The highest BCUT2D eigenvalue weighted by Crippen LogP contribution is 2.21. The molecule has 0 saturated heterocycles. The Morgan fingerprint density at radius 3 is 2.81 bits per heavy atom. The second-order valence-electron chi connectivity index (χ2n) is 5.28. The van der Waals surface area contributed by atoms with E-state index < -0.39 is 0 Å². The third-order valence-electron chi connectivity index (χ3n) is 2.81. The summed E-state index contributed by atoms with van der Waals surface area (Å²) in [6.07, 6.45) is 0. The van der Waals surface area contributed by atoms with E-state index in [1.54, 1.807) is 13.0 Å². The highest BCUT2D eigenvalue weighted by Gasteiger charge is 2.09. The number of hydrogen-bond donors (Lipinski definition) is 1. The van der Waals surface area contributed by atoms with Crippen LogP contribution >= 0.6 is 0 Å². The van der Waals surface area contributed by atoms with Gasteiger partial charge < -0.3 is 14.5 Å². The summed E-state index contributed by atoms with van der Waals surface area (Å²) in [5.41, 5.74) is 0.770. The number of halogens is 1. The maximum atomic E-state index is 13.4. The van der Waals surface area contributed by atoms with Gasteiger partial charge >= 0.3 is 0 Å². The third kappa shape index (κ3) is 4.82. The fourth-order valence-corrected chi connectivity index (χ4v) is 1.86. The van der Waals surface area contributed by atoms with Crippen molar-refractivity contribution >= 4 is 0 Å². The Balaban J connectivity index is 2.00. The van der Waals surface area contributed by atoms with Crippen LogP contribution in [-0.2, 0) is 13.2 Å². The van der Waals surface area contributed by atoms with Gasteiger partial charge in [-0.3, -0.25) is 0 Å². The van der Waals surface area contributed by atoms with Gasteiger partial charge in [-0.1, -0.05) is 13.8 Å². The van der Waals surface area contributed by atoms with Crippen molar-refractivity contribution in [3.8, 4) is 5.75 Å². The minimum atomic E-state index is -0.280. The van der Waals surface area contributed by atoms with Crippen molar-refractivity contribution in [2.45, 2.75) is 33.9 Å². The second kappa shape index (κ2) is 7.17. The molecule has 0 atom stereocenters. The van der Waals surface area contributed by atoms with Crippen LogP contribution in [0.25, 0.3) is 0 Å². The first-order chi connectivity index (χ1) is 10.0. The summed E-state index contributed by atoms with van der Waals surface area (Å²) < 4.78 is 24.3. The molecule has 0 aliphatic carbocycles. The van der Waals surface area contributed by atoms with Crippen molar-refractivity contribution in [1.29, 1.82) is 0 Å². The molecule has 5 nitrogen and oxygen atoms in total. The summed E-state index contributed by atoms with van der Waals surface area (Å²) in [6.45, 7) is 7.54. The molecule has 6 heteroatoms. The molecule has 1 aromatic carbocycles. The highest BCUT2D eigenvalue weighted by molar-refractivity contribution is 5.34. The van der Waals surface area contributed by atoms with Gasteiger partial charge in [0.05, 0.1) is 0 Å². The Morgan fingerprint density at radius 2 is 2.14 bits per heavy atom. The zero-order valence-corrected chi connectivity index (χ0v) is 12.5. The predicted molar refractivity (Wildman–Crippen MR) is 76.3 cm³/mol. The lowest BCUT2D eigenvalue weighted by molar-refractivity contribution is 0.257. The first-order valence-electron chi connectivity index (χ1n) is 6.95. The molecule has 0 aliphatic heterocycles. The van der Waals surface area contributed by atoms with E-state index in [0.717, 1.165) is 12.1 Å². The van der Waals surface area contributed by atoms with Crippen molar-refractivity contribution in [3.63, 3.8) is 0 Å². The Morgan fingerprint density at radius 1 is 1.33 bits per heavy atom. The lowest BCUT2D eigenvalue weighted by atomic mass is 10.1. The Hall–Kier alpha value is -1.95. The summed E-state index contributed by atoms with van der Waals surface area (Å²) in [4.78, 5) is 0. The van der Waals surface area contributed by atoms with Gasteiger partial charge in [0.2, 0.25) is 5.89 Å². The average molecular weight is 293 g/mol. The predicted octanol–water partition coefficient (Wildman–Crippen LogP) is 2.84. The van der Waals surface area contributed by atoms with Gasteiger partial charge in [-0.05, 0) is 30.7 Å². The topological polar surface area (TPSA) is 60.2 Å². The van der Waals surface area contributed by atoms with E-state index >= 15 is 0 Å². The van der Waals surface area contributed by atoms with E-state index in [1.165, 1.54) is 12.1 Å². The van der Waals surface area contributed by atoms with E-state index in [0.29, 0.717) is 30.0 Å². The van der Waals surface area contributed by atoms with Crippen LogP contribution in [0.3, 0.4) is 0 Å². The summed E-state index contributed by atoms with van der Waals surface area (Å²) in [6, 6.07) is 4.47. The van der Waals surface area contributed by atoms with Gasteiger partial charge in [0.1, 0.15) is 11.6 Å². The molecule has 0 radical (unpaired) electrons. The number of nitrogens with zero attached hydrogens (tertiary/aromatic N) is 2. The van der Waals surface area contributed by atoms with Gasteiger partial charge in [0.25, 0.3) is 5.89 Å². The van der Waals surface area contributed by atoms with E-state index in [4.69, 9.17) is 9.15 Å². The van der Waals surface area contributed by atoms with Crippen LogP contribution in [0.4, 0.5) is 4.39 Å². The number of hydrogen-bond acceptors (Lipinski definition) is 5. The van der Waals surface area contributed by atoms with Crippen LogP contribution in [0.15, 0.2) is 22.6 Å². The number of nitrogens with one attached hydrogen (secondary N) is 1. The lowest BCUT2D eigenvalue weighted by Crippen LogP contribution is -2.19. The number of rotatable bonds is 7. The molecule has 0 aliphatic rings. The largest absolute Gasteiger partial charge is 0.483 e. The molecule has 21 heavy (non-hydrogen) atoms. The lowest BCUT2D eigenvalue weighted by Gasteiger charge is -2.12. The monoisotopic (exact) mass is 293 g/mol. The SMILES string of the molecule is Cc1nnc(COc2ccc(F)cc2CNCC(C)C)o1. The molecule has 0 bridgehead atoms. The molecule has 2 aromatic rings. The first kappa shape index (κ1) is 15.4. The molecule has 2 rings (SSSR count). The number of ether oxygens (including phenoxy) is 1. The van der Waals surface area contributed by atoms with Crippen molar-refractivity contribution in [1.82, 2.24) is 15.5 Å². The molecule has 114 valence electrons. The maximum absolute atomic E-state index is 13.4. The number of aromatic nitrogens is 2. The second-order valence-corrected chi connectivity index (χ2v) is 5.28. The van der Waals surface area contributed by atoms with Gasteiger partial charge in [-0.2, -0.15) is 0 Å². The highest BCUT2D eigenvalue weighted by atomic mass is 19.1. The van der Waals surface area contributed by atoms with Crippen molar-refractivity contribution < 1.29 is 13.5 Å². The molecule has 0 amide bonds. The molecule has 0 saturated carbocycles. The van der Waals surface area contributed by atoms with Crippen LogP contribution in [0.1, 0.15) is 31.2 Å². The van der Waals surface area contributed by atoms with Crippen molar-refractivity contribution in [3.05, 3.63) is 41.4 Å². The van der Waals surface area contributed by atoms with Gasteiger partial charge in [-0.25, -0.2) is 4.39 Å². The summed E-state index contributed by atoms with van der Waals surface area (Å²) in [5, 5.41) is 10.9. The summed E-state index contributed by atoms with van der Waals surface area (Å²) in [7, 11) is 0. The summed E-state index contributed by atoms with van der Waals surface area (Å²) >= 11 is 0. The Kier molecular flexibility index (Phi) is 5.27. The van der Waals surface area contributed by atoms with E-state index in [-0.39, 0.29) is 12.4 Å². The molecule has 0 spiro atoms. The minimum Gasteiger partial charge on any atom is -0.483 e. The molecular weight excluding hydrogens is 273 g/mol. The van der Waals surface area contributed by atoms with Crippen LogP contribution in [0.5, 0.6) is 5.75 Å². The van der Waals surface area contributed by atoms with E-state index in [2.05, 4.69) is 29.4 Å². The molecule has 1 heterocycles. The van der Waals surface area contributed by atoms with Crippen molar-refractivity contribution in [2.75, 3.05) is 6.54 Å². The normalized spacial score (nSPS) is 11.1. The maximum Gasteiger partial charge on any atom is 0.253 e. The molecular formula is C15H20FN3O2. The zero-order valence-electron chi connectivity index (χ0n) is 12.5. The first-order valence-corrected chi connectivity index (χ1v) is 6.95. The smallest absolute Gasteiger partial charge is 0.253 e. The molecule has 0 unspecified atom stereocenters. The quantitative estimate of drug-likeness (QED) is 0.850. The van der Waals surface area contributed by atoms with Gasteiger partial charge in [0, 0.05) is 19.0 Å². The fraction of sp³-hybridized carbons (Fsp3) is 0.467. The van der Waals surface area contributed by atoms with Gasteiger partial charge in [0.15, 0.2) is 6.61 Å². The average Bonchev–Trinajstić information content (AvgIpc) is 2.83. The number of benzene rings is 1. The molecule has 1 aromatic heterocycles. The molecule has 0 fully saturated rings. The Bertz CT molecular complexity index is 584. The van der Waals surface area contributed by atoms with Crippen LogP contribution in [-0.4, -0.2) is 16.7 Å². The minimum absolute atomic E-state index is 0.170. The van der Waals surface area contributed by atoms with Crippen LogP contribution in [0, 0.1) is 18.7 Å². The van der Waals surface area contributed by atoms with E-state index in [9.17, 15) is 4.39 Å². The van der Waals surface area contributed by atoms with Crippen LogP contribution in [0.2, 0.25) is 0 Å². The van der Waals surface area contributed by atoms with Crippen LogP contribution < -0.4 is 10.1 Å². The zero-order chi connectivity index (χ0) is 15.2. The molecule has 1 N–H and O–H groups in total. The third-order valence-corrected chi connectivity index (χ3v) is 2.81. The summed E-state index contributed by atoms with van der Waals surface area (Å²) in [5.74, 6) is 1.76. The van der Waals surface area contributed by atoms with Crippen molar-refractivity contribution in [2.24, 2.45) is 5.92 Å².